The zero-order valence-electron chi connectivity index (χ0n) is 8.74. The molecular weight excluding hydrogens is 206 g/mol. The van der Waals surface area contributed by atoms with Crippen molar-refractivity contribution >= 4 is 5.97 Å². The molecule has 1 unspecified atom stereocenters. The van der Waals surface area contributed by atoms with Crippen LogP contribution in [0.1, 0.15) is 12.5 Å². The largest absolute Gasteiger partial charge is 0.479 e. The predicted molar refractivity (Wildman–Crippen MR) is 56.8 cm³/mol. The molecule has 0 amide bonds. The van der Waals surface area contributed by atoms with Gasteiger partial charge in [0.2, 0.25) is 0 Å². The summed E-state index contributed by atoms with van der Waals surface area (Å²) in [7, 11) is 0. The molecule has 2 heterocycles. The van der Waals surface area contributed by atoms with E-state index in [1.807, 2.05) is 0 Å². The van der Waals surface area contributed by atoms with E-state index in [9.17, 15) is 9.90 Å². The third-order valence-electron chi connectivity index (χ3n) is 2.62. The molecule has 0 aliphatic rings. The Hall–Kier alpha value is -2.17. The Kier molecular flexibility index (Phi) is 2.44. The molecule has 5 heteroatoms. The molecule has 0 saturated carbocycles. The number of carbonyl (C=O) groups is 1. The number of hydrogen-bond donors (Lipinski definition) is 1. The Labute approximate surface area is 92.4 Å². The van der Waals surface area contributed by atoms with Crippen LogP contribution in [0.4, 0.5) is 0 Å². The Morgan fingerprint density at radius 3 is 2.56 bits per heavy atom. The minimum atomic E-state index is -1.20. The fraction of sp³-hybridized carbons (Fsp3) is 0.182. The van der Waals surface area contributed by atoms with Crippen LogP contribution in [0.25, 0.3) is 0 Å². The van der Waals surface area contributed by atoms with Crippen LogP contribution in [-0.2, 0) is 10.3 Å². The zero-order valence-corrected chi connectivity index (χ0v) is 8.74. The fourth-order valence-electron chi connectivity index (χ4n) is 1.56. The van der Waals surface area contributed by atoms with Crippen LogP contribution in [0.5, 0.6) is 0 Å². The molecule has 0 bridgehead atoms. The Morgan fingerprint density at radius 1 is 1.38 bits per heavy atom. The van der Waals surface area contributed by atoms with Crippen molar-refractivity contribution in [1.29, 1.82) is 0 Å². The second-order valence-corrected chi connectivity index (χ2v) is 3.56. The van der Waals surface area contributed by atoms with Gasteiger partial charge < -0.3 is 5.11 Å². The summed E-state index contributed by atoms with van der Waals surface area (Å²) < 4.78 is 1.42. The second-order valence-electron chi connectivity index (χ2n) is 3.56. The van der Waals surface area contributed by atoms with Crippen LogP contribution in [0.3, 0.4) is 0 Å². The molecule has 0 saturated heterocycles. The fourth-order valence-corrected chi connectivity index (χ4v) is 1.56. The number of carboxylic acid groups (broad SMARTS) is 1. The molecule has 2 aromatic heterocycles. The minimum absolute atomic E-state index is 0.638. The summed E-state index contributed by atoms with van der Waals surface area (Å²) in [6, 6.07) is 5.05. The molecule has 1 atom stereocenters. The van der Waals surface area contributed by atoms with E-state index in [4.69, 9.17) is 0 Å². The summed E-state index contributed by atoms with van der Waals surface area (Å²) in [4.78, 5) is 15.3. The highest BCUT2D eigenvalue weighted by Crippen LogP contribution is 2.24. The molecule has 5 nitrogen and oxygen atoms in total. The Morgan fingerprint density at radius 2 is 2.06 bits per heavy atom. The number of aromatic nitrogens is 3. The van der Waals surface area contributed by atoms with Crippen molar-refractivity contribution in [3.05, 3.63) is 48.5 Å². The maximum Gasteiger partial charge on any atom is 0.336 e. The monoisotopic (exact) mass is 217 g/mol. The van der Waals surface area contributed by atoms with Crippen molar-refractivity contribution in [1.82, 2.24) is 14.8 Å². The van der Waals surface area contributed by atoms with Gasteiger partial charge in [0.25, 0.3) is 0 Å². The van der Waals surface area contributed by atoms with Gasteiger partial charge in [-0.25, -0.2) is 4.79 Å². The van der Waals surface area contributed by atoms with Crippen LogP contribution in [0.2, 0.25) is 0 Å². The topological polar surface area (TPSA) is 68.0 Å². The third kappa shape index (κ3) is 1.46. The standard InChI is InChI=1S/C11H11N3O2/c1-11(10(15)16,14-8-2-5-13-14)9-3-6-12-7-4-9/h2-8H,1H3,(H,15,16). The molecule has 0 aliphatic carbocycles. The predicted octanol–water partition coefficient (Wildman–Crippen LogP) is 1.13. The molecule has 0 aromatic carbocycles. The van der Waals surface area contributed by atoms with Crippen molar-refractivity contribution in [2.24, 2.45) is 0 Å². The van der Waals surface area contributed by atoms with Gasteiger partial charge in [-0.1, -0.05) is 0 Å². The van der Waals surface area contributed by atoms with E-state index in [1.54, 1.807) is 49.9 Å². The lowest BCUT2D eigenvalue weighted by molar-refractivity contribution is -0.144. The van der Waals surface area contributed by atoms with Gasteiger partial charge in [-0.2, -0.15) is 5.10 Å². The first kappa shape index (κ1) is 10.4. The highest BCUT2D eigenvalue weighted by Gasteiger charge is 2.37. The number of aliphatic carboxylic acids is 1. The summed E-state index contributed by atoms with van der Waals surface area (Å²) in [6.45, 7) is 1.61. The third-order valence-corrected chi connectivity index (χ3v) is 2.62. The maximum absolute atomic E-state index is 11.4. The van der Waals surface area contributed by atoms with E-state index in [-0.39, 0.29) is 0 Å². The molecule has 0 fully saturated rings. The van der Waals surface area contributed by atoms with E-state index in [1.165, 1.54) is 4.68 Å². The first-order valence-corrected chi connectivity index (χ1v) is 4.79. The van der Waals surface area contributed by atoms with Gasteiger partial charge in [0, 0.05) is 24.8 Å². The lowest BCUT2D eigenvalue weighted by Crippen LogP contribution is -2.40. The van der Waals surface area contributed by atoms with Crippen molar-refractivity contribution < 1.29 is 9.90 Å². The van der Waals surface area contributed by atoms with Crippen LogP contribution in [0, 0.1) is 0 Å². The quantitative estimate of drug-likeness (QED) is 0.836. The zero-order chi connectivity index (χ0) is 11.6. The number of carboxylic acids is 1. The van der Waals surface area contributed by atoms with E-state index in [2.05, 4.69) is 10.1 Å². The molecule has 0 aliphatic heterocycles. The number of rotatable bonds is 3. The first-order chi connectivity index (χ1) is 7.65. The maximum atomic E-state index is 11.4. The highest BCUT2D eigenvalue weighted by atomic mass is 16.4. The SMILES string of the molecule is CC(C(=O)O)(c1ccncc1)n1cccn1. The van der Waals surface area contributed by atoms with Gasteiger partial charge in [0.05, 0.1) is 0 Å². The Bertz CT molecular complexity index is 481. The summed E-state index contributed by atoms with van der Waals surface area (Å²) in [5, 5.41) is 13.4. The summed E-state index contributed by atoms with van der Waals surface area (Å²) in [6.07, 6.45) is 6.33. The molecular formula is C11H11N3O2. The van der Waals surface area contributed by atoms with Crippen molar-refractivity contribution in [3.63, 3.8) is 0 Å². The summed E-state index contributed by atoms with van der Waals surface area (Å²) in [5.41, 5.74) is -0.564. The smallest absolute Gasteiger partial charge is 0.336 e. The molecule has 2 rings (SSSR count). The van der Waals surface area contributed by atoms with E-state index < -0.39 is 11.5 Å². The van der Waals surface area contributed by atoms with Crippen LogP contribution >= 0.6 is 0 Å². The normalized spacial score (nSPS) is 14.3. The lowest BCUT2D eigenvalue weighted by Gasteiger charge is -2.25. The van der Waals surface area contributed by atoms with Gasteiger partial charge in [0.15, 0.2) is 5.54 Å². The molecule has 0 spiro atoms. The van der Waals surface area contributed by atoms with Gasteiger partial charge >= 0.3 is 5.97 Å². The van der Waals surface area contributed by atoms with Crippen LogP contribution in [-0.4, -0.2) is 25.8 Å². The summed E-state index contributed by atoms with van der Waals surface area (Å²) >= 11 is 0. The van der Waals surface area contributed by atoms with Crippen molar-refractivity contribution in [2.45, 2.75) is 12.5 Å². The average Bonchev–Trinajstić information content (AvgIpc) is 2.82. The molecule has 2 aromatic rings. The van der Waals surface area contributed by atoms with Crippen LogP contribution < -0.4 is 0 Å². The number of nitrogens with zero attached hydrogens (tertiary/aromatic N) is 3. The van der Waals surface area contributed by atoms with Gasteiger partial charge in [-0.15, -0.1) is 0 Å². The number of pyridine rings is 1. The van der Waals surface area contributed by atoms with E-state index >= 15 is 0 Å². The highest BCUT2D eigenvalue weighted by molar-refractivity contribution is 5.80. The van der Waals surface area contributed by atoms with Crippen LogP contribution in [0.15, 0.2) is 43.0 Å². The van der Waals surface area contributed by atoms with Gasteiger partial charge in [-0.3, -0.25) is 9.67 Å². The van der Waals surface area contributed by atoms with Gasteiger partial charge in [-0.05, 0) is 30.7 Å². The van der Waals surface area contributed by atoms with Crippen molar-refractivity contribution in [2.75, 3.05) is 0 Å². The molecule has 1 N–H and O–H groups in total. The average molecular weight is 217 g/mol. The van der Waals surface area contributed by atoms with Gasteiger partial charge in [0.1, 0.15) is 0 Å². The summed E-state index contributed by atoms with van der Waals surface area (Å²) in [5.74, 6) is -0.956. The van der Waals surface area contributed by atoms with Crippen molar-refractivity contribution in [3.8, 4) is 0 Å². The minimum Gasteiger partial charge on any atom is -0.479 e. The number of hydrogen-bond acceptors (Lipinski definition) is 3. The molecule has 16 heavy (non-hydrogen) atoms. The molecule has 82 valence electrons. The van der Waals surface area contributed by atoms with E-state index in [0.717, 1.165) is 0 Å². The van der Waals surface area contributed by atoms with E-state index in [0.29, 0.717) is 5.56 Å². The molecule has 0 radical (unpaired) electrons. The first-order valence-electron chi connectivity index (χ1n) is 4.79. The lowest BCUT2D eigenvalue weighted by atomic mass is 9.93. The Balaban J connectivity index is 2.58. The second kappa shape index (κ2) is 3.77.